The molecule has 0 aliphatic rings. The summed E-state index contributed by atoms with van der Waals surface area (Å²) in [6.45, 7) is -0.230. The molecule has 3 aromatic carbocycles. The van der Waals surface area contributed by atoms with Crippen LogP contribution in [0.5, 0.6) is 0 Å². The Morgan fingerprint density at radius 3 is 2.19 bits per heavy atom. The number of nitro benzene ring substituents is 1. The highest BCUT2D eigenvalue weighted by molar-refractivity contribution is 6.09. The smallest absolute Gasteiger partial charge is 0.293 e. The summed E-state index contributed by atoms with van der Waals surface area (Å²) in [4.78, 5) is 23.5. The molecule has 0 saturated carbocycles. The lowest BCUT2D eigenvalue weighted by Crippen LogP contribution is -2.16. The van der Waals surface area contributed by atoms with E-state index in [1.807, 2.05) is 30.3 Å². The molecule has 1 atom stereocenters. The van der Waals surface area contributed by atoms with Gasteiger partial charge in [-0.25, -0.2) is 0 Å². The summed E-state index contributed by atoms with van der Waals surface area (Å²) in [5, 5.41) is 24.2. The summed E-state index contributed by atoms with van der Waals surface area (Å²) in [5.41, 5.74) is 1.53. The van der Waals surface area contributed by atoms with Gasteiger partial charge in [0.25, 0.3) is 5.69 Å². The second-order valence-electron chi connectivity index (χ2n) is 5.97. The van der Waals surface area contributed by atoms with E-state index in [0.29, 0.717) is 5.56 Å². The third-order valence-electron chi connectivity index (χ3n) is 4.21. The van der Waals surface area contributed by atoms with Crippen LogP contribution in [-0.4, -0.2) is 22.4 Å². The minimum atomic E-state index is -0.538. The number of carbonyl (C=O) groups excluding carboxylic acids is 1. The van der Waals surface area contributed by atoms with E-state index in [9.17, 15) is 20.0 Å². The van der Waals surface area contributed by atoms with Gasteiger partial charge in [0.05, 0.1) is 17.6 Å². The first-order valence-electron chi connectivity index (χ1n) is 8.40. The van der Waals surface area contributed by atoms with Crippen molar-refractivity contribution in [2.75, 3.05) is 11.9 Å². The summed E-state index contributed by atoms with van der Waals surface area (Å²) in [6.07, 6.45) is 0. The van der Waals surface area contributed by atoms with E-state index in [0.717, 1.165) is 5.56 Å². The van der Waals surface area contributed by atoms with E-state index in [2.05, 4.69) is 5.32 Å². The van der Waals surface area contributed by atoms with Crippen molar-refractivity contribution >= 4 is 17.2 Å². The molecule has 3 aromatic rings. The molecular formula is C21H18N2O4. The summed E-state index contributed by atoms with van der Waals surface area (Å²) < 4.78 is 0. The Kier molecular flexibility index (Phi) is 5.58. The lowest BCUT2D eigenvalue weighted by molar-refractivity contribution is -0.384. The molecule has 0 fully saturated rings. The first kappa shape index (κ1) is 18.3. The molecule has 0 aliphatic carbocycles. The van der Waals surface area contributed by atoms with Gasteiger partial charge in [-0.2, -0.15) is 0 Å². The number of nitrogens with zero attached hydrogens (tertiary/aromatic N) is 1. The third kappa shape index (κ3) is 4.19. The Bertz CT molecular complexity index is 943. The summed E-state index contributed by atoms with van der Waals surface area (Å²) in [6, 6.07) is 21.6. The predicted molar refractivity (Wildman–Crippen MR) is 103 cm³/mol. The number of nitrogens with one attached hydrogen (secondary N) is 1. The second-order valence-corrected chi connectivity index (χ2v) is 5.97. The standard InChI is InChI=1S/C21H18N2O4/c24-14-19(15-7-3-1-4-8-15)22-18-12-11-17(13-20(18)23(26)27)21(25)16-9-5-2-6-10-16/h1-13,19,22,24H,14H2. The molecule has 0 amide bonds. The number of anilines is 1. The molecule has 3 rings (SSSR count). The van der Waals surface area contributed by atoms with Crippen LogP contribution in [0.15, 0.2) is 78.9 Å². The van der Waals surface area contributed by atoms with Gasteiger partial charge in [-0.15, -0.1) is 0 Å². The average Bonchev–Trinajstić information content (AvgIpc) is 2.72. The van der Waals surface area contributed by atoms with Crippen molar-refractivity contribution in [1.29, 1.82) is 0 Å². The molecular weight excluding hydrogens is 344 g/mol. The van der Waals surface area contributed by atoms with Crippen LogP contribution >= 0.6 is 0 Å². The lowest BCUT2D eigenvalue weighted by atomic mass is 10.0. The first-order chi connectivity index (χ1) is 13.1. The molecule has 0 aliphatic heterocycles. The Hall–Kier alpha value is -3.51. The molecule has 0 heterocycles. The zero-order valence-electron chi connectivity index (χ0n) is 14.4. The zero-order valence-corrected chi connectivity index (χ0v) is 14.4. The van der Waals surface area contributed by atoms with E-state index in [1.54, 1.807) is 36.4 Å². The fourth-order valence-corrected chi connectivity index (χ4v) is 2.81. The van der Waals surface area contributed by atoms with Crippen LogP contribution in [0.3, 0.4) is 0 Å². The van der Waals surface area contributed by atoms with Crippen LogP contribution in [0.25, 0.3) is 0 Å². The Balaban J connectivity index is 1.92. The number of benzene rings is 3. The van der Waals surface area contributed by atoms with Gasteiger partial charge in [0.15, 0.2) is 5.78 Å². The fraction of sp³-hybridized carbons (Fsp3) is 0.0952. The highest BCUT2D eigenvalue weighted by Crippen LogP contribution is 2.30. The van der Waals surface area contributed by atoms with Gasteiger partial charge in [0.2, 0.25) is 0 Å². The largest absolute Gasteiger partial charge is 0.394 e. The monoisotopic (exact) mass is 362 g/mol. The fourth-order valence-electron chi connectivity index (χ4n) is 2.81. The van der Waals surface area contributed by atoms with Crippen molar-refractivity contribution in [1.82, 2.24) is 0 Å². The number of hydrogen-bond acceptors (Lipinski definition) is 5. The maximum atomic E-state index is 12.5. The van der Waals surface area contributed by atoms with Crippen molar-refractivity contribution in [2.24, 2.45) is 0 Å². The van der Waals surface area contributed by atoms with Crippen LogP contribution in [0, 0.1) is 10.1 Å². The summed E-state index contributed by atoms with van der Waals surface area (Å²) in [5.74, 6) is -0.285. The van der Waals surface area contributed by atoms with Gasteiger partial charge in [0, 0.05) is 17.2 Å². The second kappa shape index (κ2) is 8.25. The van der Waals surface area contributed by atoms with Crippen molar-refractivity contribution in [3.8, 4) is 0 Å². The molecule has 0 aromatic heterocycles. The molecule has 6 nitrogen and oxygen atoms in total. The normalized spacial score (nSPS) is 11.6. The van der Waals surface area contributed by atoms with Crippen LogP contribution in [0.4, 0.5) is 11.4 Å². The molecule has 1 unspecified atom stereocenters. The van der Waals surface area contributed by atoms with E-state index >= 15 is 0 Å². The molecule has 136 valence electrons. The highest BCUT2D eigenvalue weighted by atomic mass is 16.6. The van der Waals surface area contributed by atoms with Crippen LogP contribution in [-0.2, 0) is 0 Å². The predicted octanol–water partition coefficient (Wildman–Crippen LogP) is 3.97. The van der Waals surface area contributed by atoms with Gasteiger partial charge in [0.1, 0.15) is 5.69 Å². The van der Waals surface area contributed by atoms with Crippen molar-refractivity contribution in [2.45, 2.75) is 6.04 Å². The first-order valence-corrected chi connectivity index (χ1v) is 8.40. The Morgan fingerprint density at radius 1 is 0.963 bits per heavy atom. The van der Waals surface area contributed by atoms with Crippen molar-refractivity contribution < 1.29 is 14.8 Å². The van der Waals surface area contributed by atoms with Crippen LogP contribution in [0.2, 0.25) is 0 Å². The molecule has 6 heteroatoms. The molecule has 0 radical (unpaired) electrons. The number of ketones is 1. The van der Waals surface area contributed by atoms with Gasteiger partial charge < -0.3 is 10.4 Å². The number of nitro groups is 1. The molecule has 0 bridgehead atoms. The number of carbonyl (C=O) groups is 1. The lowest BCUT2D eigenvalue weighted by Gasteiger charge is -2.18. The number of aliphatic hydroxyl groups is 1. The van der Waals surface area contributed by atoms with Gasteiger partial charge in [-0.05, 0) is 17.7 Å². The van der Waals surface area contributed by atoms with E-state index in [4.69, 9.17) is 0 Å². The minimum Gasteiger partial charge on any atom is -0.394 e. The zero-order chi connectivity index (χ0) is 19.2. The number of hydrogen-bond donors (Lipinski definition) is 2. The van der Waals surface area contributed by atoms with Crippen LogP contribution < -0.4 is 5.32 Å². The van der Waals surface area contributed by atoms with E-state index in [-0.39, 0.29) is 29.3 Å². The maximum Gasteiger partial charge on any atom is 0.293 e. The maximum absolute atomic E-state index is 12.5. The van der Waals surface area contributed by atoms with Gasteiger partial charge in [-0.1, -0.05) is 60.7 Å². The minimum absolute atomic E-state index is 0.217. The van der Waals surface area contributed by atoms with Crippen molar-refractivity contribution in [3.05, 3.63) is 106 Å². The Labute approximate surface area is 156 Å². The average molecular weight is 362 g/mol. The molecule has 2 N–H and O–H groups in total. The third-order valence-corrected chi connectivity index (χ3v) is 4.21. The van der Waals surface area contributed by atoms with Gasteiger partial charge >= 0.3 is 0 Å². The topological polar surface area (TPSA) is 92.5 Å². The van der Waals surface area contributed by atoms with E-state index < -0.39 is 11.0 Å². The number of aliphatic hydroxyl groups excluding tert-OH is 1. The summed E-state index contributed by atoms with van der Waals surface area (Å²) >= 11 is 0. The highest BCUT2D eigenvalue weighted by Gasteiger charge is 2.21. The molecule has 0 spiro atoms. The molecule has 27 heavy (non-hydrogen) atoms. The molecule has 0 saturated heterocycles. The van der Waals surface area contributed by atoms with Crippen LogP contribution in [0.1, 0.15) is 27.5 Å². The number of rotatable bonds is 7. The Morgan fingerprint density at radius 2 is 1.59 bits per heavy atom. The van der Waals surface area contributed by atoms with E-state index in [1.165, 1.54) is 12.1 Å². The SMILES string of the molecule is O=C(c1ccccc1)c1ccc(NC(CO)c2ccccc2)c([N+](=O)[O-])c1. The quantitative estimate of drug-likeness (QED) is 0.377. The van der Waals surface area contributed by atoms with Crippen molar-refractivity contribution in [3.63, 3.8) is 0 Å². The van der Waals surface area contributed by atoms with Gasteiger partial charge in [-0.3, -0.25) is 14.9 Å². The summed E-state index contributed by atoms with van der Waals surface area (Å²) in [7, 11) is 0.